The first-order chi connectivity index (χ1) is 9.84. The molecular weight excluding hydrogens is 285 g/mol. The molecule has 4 nitrogen and oxygen atoms in total. The number of ether oxygens (including phenoxy) is 1. The quantitative estimate of drug-likeness (QED) is 0.851. The monoisotopic (exact) mass is 304 g/mol. The van der Waals surface area contributed by atoms with Gasteiger partial charge in [-0.25, -0.2) is 0 Å². The lowest BCUT2D eigenvalue weighted by Gasteiger charge is -2.38. The van der Waals surface area contributed by atoms with Crippen molar-refractivity contribution < 1.29 is 17.9 Å². The largest absolute Gasteiger partial charge is 0.417 e. The van der Waals surface area contributed by atoms with E-state index in [-0.39, 0.29) is 17.8 Å². The predicted molar refractivity (Wildman–Crippen MR) is 73.0 cm³/mol. The van der Waals surface area contributed by atoms with E-state index < -0.39 is 17.3 Å². The van der Waals surface area contributed by atoms with E-state index in [9.17, 15) is 18.0 Å². The molecule has 1 aliphatic carbocycles. The van der Waals surface area contributed by atoms with Crippen molar-refractivity contribution in [2.75, 3.05) is 12.3 Å². The number of nitrogen functional groups attached to an aromatic ring is 1. The van der Waals surface area contributed by atoms with Gasteiger partial charge in [-0.1, -0.05) is 13.3 Å². The molecule has 2 N–H and O–H groups in total. The molecule has 0 amide bonds. The third-order valence-electron chi connectivity index (χ3n) is 3.76. The summed E-state index contributed by atoms with van der Waals surface area (Å²) >= 11 is 0. The normalized spacial score (nSPS) is 22.1. The highest BCUT2D eigenvalue weighted by Gasteiger charge is 2.37. The summed E-state index contributed by atoms with van der Waals surface area (Å²) in [5, 5.41) is 0. The summed E-state index contributed by atoms with van der Waals surface area (Å²) in [6.07, 6.45) is -0.646. The van der Waals surface area contributed by atoms with Crippen molar-refractivity contribution in [3.8, 4) is 0 Å². The van der Waals surface area contributed by atoms with E-state index in [1.165, 1.54) is 0 Å². The topological polar surface area (TPSA) is 57.2 Å². The minimum Gasteiger partial charge on any atom is -0.394 e. The van der Waals surface area contributed by atoms with E-state index in [1.807, 2.05) is 6.92 Å². The number of pyridine rings is 1. The Morgan fingerprint density at radius 2 is 2.14 bits per heavy atom. The molecule has 7 heteroatoms. The summed E-state index contributed by atoms with van der Waals surface area (Å²) in [4.78, 5) is 12.0. The molecule has 1 aliphatic rings. The fourth-order valence-corrected chi connectivity index (χ4v) is 2.37. The van der Waals surface area contributed by atoms with Crippen LogP contribution in [0.25, 0.3) is 0 Å². The Morgan fingerprint density at radius 3 is 2.67 bits per heavy atom. The highest BCUT2D eigenvalue weighted by atomic mass is 19.4. The fourth-order valence-electron chi connectivity index (χ4n) is 2.37. The number of rotatable bonds is 5. The zero-order chi connectivity index (χ0) is 15.6. The number of nitrogens with two attached hydrogens (primary N) is 1. The Bertz CT molecular complexity index is 554. The molecule has 1 heterocycles. The van der Waals surface area contributed by atoms with Crippen molar-refractivity contribution >= 4 is 5.69 Å². The molecule has 0 spiro atoms. The van der Waals surface area contributed by atoms with E-state index in [0.29, 0.717) is 19.1 Å². The van der Waals surface area contributed by atoms with Gasteiger partial charge in [0.2, 0.25) is 0 Å². The van der Waals surface area contributed by atoms with Crippen molar-refractivity contribution in [1.29, 1.82) is 0 Å². The van der Waals surface area contributed by atoms with Crippen molar-refractivity contribution in [3.63, 3.8) is 0 Å². The van der Waals surface area contributed by atoms with Crippen LogP contribution in [0.1, 0.15) is 44.2 Å². The van der Waals surface area contributed by atoms with Gasteiger partial charge in [-0.3, -0.25) is 4.79 Å². The van der Waals surface area contributed by atoms with Crippen molar-refractivity contribution in [3.05, 3.63) is 28.2 Å². The SMILES string of the molecule is CCCCO[C@H]1CC[C@H]1n1cc(C(F)(F)F)cc(N)c1=O. The first kappa shape index (κ1) is 15.9. The minimum absolute atomic E-state index is 0.211. The van der Waals surface area contributed by atoms with Crippen LogP contribution in [0, 0.1) is 0 Å². The Morgan fingerprint density at radius 1 is 1.43 bits per heavy atom. The molecule has 0 radical (unpaired) electrons. The van der Waals surface area contributed by atoms with Crippen LogP contribution in [0.15, 0.2) is 17.1 Å². The number of unbranched alkanes of at least 4 members (excludes halogenated alkanes) is 1. The van der Waals surface area contributed by atoms with Crippen molar-refractivity contribution in [2.24, 2.45) is 0 Å². The van der Waals surface area contributed by atoms with Crippen LogP contribution in [0.4, 0.5) is 18.9 Å². The van der Waals surface area contributed by atoms with Crippen LogP contribution in [0.3, 0.4) is 0 Å². The van der Waals surface area contributed by atoms with E-state index >= 15 is 0 Å². The smallest absolute Gasteiger partial charge is 0.394 e. The van der Waals surface area contributed by atoms with E-state index in [2.05, 4.69) is 0 Å². The van der Waals surface area contributed by atoms with Gasteiger partial charge in [0.1, 0.15) is 0 Å². The Labute approximate surface area is 120 Å². The van der Waals surface area contributed by atoms with Crippen molar-refractivity contribution in [1.82, 2.24) is 4.57 Å². The van der Waals surface area contributed by atoms with E-state index in [4.69, 9.17) is 10.5 Å². The van der Waals surface area contributed by atoms with Crippen LogP contribution in [-0.2, 0) is 10.9 Å². The van der Waals surface area contributed by atoms with Gasteiger partial charge in [0.05, 0.1) is 23.4 Å². The van der Waals surface area contributed by atoms with Gasteiger partial charge in [0.25, 0.3) is 5.56 Å². The summed E-state index contributed by atoms with van der Waals surface area (Å²) in [6.45, 7) is 2.58. The molecular formula is C14H19F3N2O2. The van der Waals surface area contributed by atoms with Gasteiger partial charge in [-0.2, -0.15) is 13.2 Å². The molecule has 2 atom stereocenters. The number of aromatic nitrogens is 1. The first-order valence-electron chi connectivity index (χ1n) is 7.05. The summed E-state index contributed by atoms with van der Waals surface area (Å²) < 4.78 is 45.1. The number of anilines is 1. The minimum atomic E-state index is -4.52. The van der Waals surface area contributed by atoms with Crippen LogP contribution >= 0.6 is 0 Å². The molecule has 0 unspecified atom stereocenters. The summed E-state index contributed by atoms with van der Waals surface area (Å²) in [7, 11) is 0. The Balaban J connectivity index is 2.23. The molecule has 1 aromatic rings. The third-order valence-corrected chi connectivity index (χ3v) is 3.76. The average molecular weight is 304 g/mol. The Kier molecular flexibility index (Phi) is 4.61. The molecule has 1 saturated carbocycles. The predicted octanol–water partition coefficient (Wildman–Crippen LogP) is 2.97. The lowest BCUT2D eigenvalue weighted by atomic mass is 9.88. The molecule has 0 aromatic carbocycles. The molecule has 1 fully saturated rings. The number of alkyl halides is 3. The molecule has 1 aromatic heterocycles. The maximum atomic E-state index is 12.8. The maximum absolute atomic E-state index is 12.8. The second-order valence-corrected chi connectivity index (χ2v) is 5.30. The maximum Gasteiger partial charge on any atom is 0.417 e. The van der Waals surface area contributed by atoms with Crippen LogP contribution in [0.5, 0.6) is 0 Å². The van der Waals surface area contributed by atoms with E-state index in [0.717, 1.165) is 30.0 Å². The van der Waals surface area contributed by atoms with Crippen LogP contribution in [0.2, 0.25) is 0 Å². The van der Waals surface area contributed by atoms with Gasteiger partial charge in [-0.15, -0.1) is 0 Å². The number of hydrogen-bond acceptors (Lipinski definition) is 3. The molecule has 0 bridgehead atoms. The first-order valence-corrected chi connectivity index (χ1v) is 7.05. The summed E-state index contributed by atoms with van der Waals surface area (Å²) in [5.74, 6) is 0. The number of halogens is 3. The average Bonchev–Trinajstić information content (AvgIpc) is 2.37. The lowest BCUT2D eigenvalue weighted by Crippen LogP contribution is -2.42. The van der Waals surface area contributed by atoms with Gasteiger partial charge in [-0.05, 0) is 25.3 Å². The second-order valence-electron chi connectivity index (χ2n) is 5.30. The van der Waals surface area contributed by atoms with Gasteiger partial charge in [0, 0.05) is 12.8 Å². The fraction of sp³-hybridized carbons (Fsp3) is 0.643. The zero-order valence-corrected chi connectivity index (χ0v) is 11.8. The standard InChI is InChI=1S/C14H19F3N2O2/c1-2-3-6-21-12-5-4-11(12)19-8-9(14(15,16)17)7-10(18)13(19)20/h7-8,11-12H,2-6,18H2,1H3/t11-,12+/m1/s1. The molecule has 0 aliphatic heterocycles. The van der Waals surface area contributed by atoms with Gasteiger partial charge >= 0.3 is 6.18 Å². The number of nitrogens with zero attached hydrogens (tertiary/aromatic N) is 1. The van der Waals surface area contributed by atoms with E-state index in [1.54, 1.807) is 0 Å². The zero-order valence-electron chi connectivity index (χ0n) is 11.8. The molecule has 118 valence electrons. The van der Waals surface area contributed by atoms with Gasteiger partial charge < -0.3 is 15.0 Å². The molecule has 2 rings (SSSR count). The third kappa shape index (κ3) is 3.40. The highest BCUT2D eigenvalue weighted by molar-refractivity contribution is 5.39. The molecule has 0 saturated heterocycles. The summed E-state index contributed by atoms with van der Waals surface area (Å²) in [5.41, 5.74) is 3.55. The van der Waals surface area contributed by atoms with Crippen LogP contribution in [-0.4, -0.2) is 17.3 Å². The Hall–Kier alpha value is -1.50. The summed E-state index contributed by atoms with van der Waals surface area (Å²) in [6, 6.07) is 0.323. The van der Waals surface area contributed by atoms with Crippen LogP contribution < -0.4 is 11.3 Å². The second kappa shape index (κ2) is 6.09. The molecule has 21 heavy (non-hydrogen) atoms. The van der Waals surface area contributed by atoms with Crippen molar-refractivity contribution in [2.45, 2.75) is 50.9 Å². The highest BCUT2D eigenvalue weighted by Crippen LogP contribution is 2.36. The number of hydrogen-bond donors (Lipinski definition) is 1. The lowest BCUT2D eigenvalue weighted by molar-refractivity contribution is -0.138. The van der Waals surface area contributed by atoms with Gasteiger partial charge in [0.15, 0.2) is 0 Å².